The Bertz CT molecular complexity index is 609. The second kappa shape index (κ2) is 7.17. The molecule has 6 nitrogen and oxygen atoms in total. The van der Waals surface area contributed by atoms with Crippen molar-refractivity contribution in [3.8, 4) is 11.5 Å². The maximum Gasteiger partial charge on any atom is 0.235 e. The highest BCUT2D eigenvalue weighted by Crippen LogP contribution is 2.46. The molecule has 1 fully saturated rings. The van der Waals surface area contributed by atoms with E-state index in [9.17, 15) is 9.59 Å². The van der Waals surface area contributed by atoms with Gasteiger partial charge in [0, 0.05) is 13.1 Å². The largest absolute Gasteiger partial charge is 0.493 e. The van der Waals surface area contributed by atoms with Crippen LogP contribution >= 0.6 is 0 Å². The summed E-state index contributed by atoms with van der Waals surface area (Å²) in [6.07, 6.45) is 2.75. The van der Waals surface area contributed by atoms with Gasteiger partial charge in [0.2, 0.25) is 11.8 Å². The van der Waals surface area contributed by atoms with Crippen LogP contribution in [0.4, 0.5) is 0 Å². The maximum atomic E-state index is 12.3. The van der Waals surface area contributed by atoms with Crippen LogP contribution in [-0.2, 0) is 16.1 Å². The van der Waals surface area contributed by atoms with Gasteiger partial charge in [0.1, 0.15) is 5.41 Å². The van der Waals surface area contributed by atoms with E-state index in [0.29, 0.717) is 37.4 Å². The molecule has 124 valence electrons. The lowest BCUT2D eigenvalue weighted by atomic mass is 10.0. The fourth-order valence-electron chi connectivity index (χ4n) is 2.36. The number of carbonyl (C=O) groups is 2. The lowest BCUT2D eigenvalue weighted by molar-refractivity contribution is -0.137. The van der Waals surface area contributed by atoms with Crippen molar-refractivity contribution in [2.75, 3.05) is 20.8 Å². The number of amides is 2. The van der Waals surface area contributed by atoms with E-state index in [0.717, 1.165) is 5.56 Å². The van der Waals surface area contributed by atoms with Crippen molar-refractivity contribution in [3.63, 3.8) is 0 Å². The Morgan fingerprint density at radius 2 is 1.83 bits per heavy atom. The van der Waals surface area contributed by atoms with Crippen molar-refractivity contribution in [1.82, 2.24) is 10.6 Å². The highest BCUT2D eigenvalue weighted by atomic mass is 16.5. The summed E-state index contributed by atoms with van der Waals surface area (Å²) < 4.78 is 10.4. The summed E-state index contributed by atoms with van der Waals surface area (Å²) in [7, 11) is 3.13. The molecule has 2 N–H and O–H groups in total. The maximum absolute atomic E-state index is 12.3. The average molecular weight is 318 g/mol. The summed E-state index contributed by atoms with van der Waals surface area (Å²) in [4.78, 5) is 24.4. The van der Waals surface area contributed by atoms with Gasteiger partial charge in [-0.2, -0.15) is 0 Å². The topological polar surface area (TPSA) is 76.7 Å². The molecule has 1 saturated carbocycles. The number of ether oxygens (including phenoxy) is 2. The van der Waals surface area contributed by atoms with Crippen LogP contribution in [0.3, 0.4) is 0 Å². The Morgan fingerprint density at radius 1 is 1.17 bits per heavy atom. The van der Waals surface area contributed by atoms with Crippen LogP contribution in [0.2, 0.25) is 0 Å². The second-order valence-corrected chi connectivity index (χ2v) is 5.45. The Morgan fingerprint density at radius 3 is 2.39 bits per heavy atom. The number of methoxy groups -OCH3 is 2. The minimum absolute atomic E-state index is 0.234. The molecule has 0 unspecified atom stereocenters. The van der Waals surface area contributed by atoms with Gasteiger partial charge in [-0.05, 0) is 30.5 Å². The van der Waals surface area contributed by atoms with E-state index in [1.54, 1.807) is 32.4 Å². The van der Waals surface area contributed by atoms with Gasteiger partial charge in [0.15, 0.2) is 11.5 Å². The number of benzene rings is 1. The first kappa shape index (κ1) is 16.9. The van der Waals surface area contributed by atoms with Crippen molar-refractivity contribution in [2.45, 2.75) is 19.4 Å². The number of carbonyl (C=O) groups excluding carboxylic acids is 2. The van der Waals surface area contributed by atoms with E-state index >= 15 is 0 Å². The van der Waals surface area contributed by atoms with Gasteiger partial charge in [-0.1, -0.05) is 12.1 Å². The molecule has 0 aliphatic heterocycles. The van der Waals surface area contributed by atoms with E-state index in [2.05, 4.69) is 17.2 Å². The first-order valence-electron chi connectivity index (χ1n) is 7.46. The van der Waals surface area contributed by atoms with Crippen LogP contribution in [0.15, 0.2) is 30.9 Å². The van der Waals surface area contributed by atoms with Crippen molar-refractivity contribution >= 4 is 11.8 Å². The monoisotopic (exact) mass is 318 g/mol. The molecular weight excluding hydrogens is 296 g/mol. The highest BCUT2D eigenvalue weighted by Gasteiger charge is 2.56. The van der Waals surface area contributed by atoms with Gasteiger partial charge in [-0.15, -0.1) is 6.58 Å². The van der Waals surface area contributed by atoms with E-state index in [1.807, 2.05) is 6.07 Å². The molecule has 0 saturated heterocycles. The summed E-state index contributed by atoms with van der Waals surface area (Å²) in [6, 6.07) is 5.43. The summed E-state index contributed by atoms with van der Waals surface area (Å²) in [5, 5.41) is 5.52. The predicted octanol–water partition coefficient (Wildman–Crippen LogP) is 1.40. The predicted molar refractivity (Wildman–Crippen MR) is 86.3 cm³/mol. The van der Waals surface area contributed by atoms with Gasteiger partial charge in [0.25, 0.3) is 0 Å². The Hall–Kier alpha value is -2.50. The molecule has 1 aliphatic rings. The summed E-state index contributed by atoms with van der Waals surface area (Å²) in [6.45, 7) is 4.24. The van der Waals surface area contributed by atoms with Gasteiger partial charge >= 0.3 is 0 Å². The highest BCUT2D eigenvalue weighted by molar-refractivity contribution is 6.07. The summed E-state index contributed by atoms with van der Waals surface area (Å²) >= 11 is 0. The molecule has 1 aromatic carbocycles. The molecular formula is C17H22N2O4. The molecule has 0 aromatic heterocycles. The van der Waals surface area contributed by atoms with Crippen molar-refractivity contribution in [2.24, 2.45) is 5.41 Å². The second-order valence-electron chi connectivity index (χ2n) is 5.45. The van der Waals surface area contributed by atoms with Crippen LogP contribution < -0.4 is 20.1 Å². The molecule has 0 bridgehead atoms. The lowest BCUT2D eigenvalue weighted by Gasteiger charge is -2.15. The van der Waals surface area contributed by atoms with Gasteiger partial charge in [0.05, 0.1) is 14.2 Å². The standard InChI is InChI=1S/C17H22N2O4/c1-4-9-18-15(20)17(7-8-17)16(21)19-11-12-5-6-13(22-2)14(10-12)23-3/h4-6,10H,1,7-9,11H2,2-3H3,(H,18,20)(H,19,21). The third-order valence-electron chi connectivity index (χ3n) is 3.93. The quantitative estimate of drug-likeness (QED) is 0.561. The van der Waals surface area contributed by atoms with Crippen molar-refractivity contribution in [3.05, 3.63) is 36.4 Å². The van der Waals surface area contributed by atoms with E-state index in [1.165, 1.54) is 0 Å². The van der Waals surface area contributed by atoms with Crippen LogP contribution in [-0.4, -0.2) is 32.6 Å². The third kappa shape index (κ3) is 3.64. The number of rotatable bonds is 8. The van der Waals surface area contributed by atoms with E-state index in [4.69, 9.17) is 9.47 Å². The minimum atomic E-state index is -0.917. The first-order chi connectivity index (χ1) is 11.1. The van der Waals surface area contributed by atoms with Crippen LogP contribution in [0.1, 0.15) is 18.4 Å². The Kier molecular flexibility index (Phi) is 5.26. The number of hydrogen-bond acceptors (Lipinski definition) is 4. The number of nitrogens with one attached hydrogen (secondary N) is 2. The molecule has 0 atom stereocenters. The molecule has 6 heteroatoms. The fourth-order valence-corrected chi connectivity index (χ4v) is 2.36. The Balaban J connectivity index is 1.97. The summed E-state index contributed by atoms with van der Waals surface area (Å²) in [5.41, 5.74) is -0.0437. The molecule has 0 radical (unpaired) electrons. The van der Waals surface area contributed by atoms with Gasteiger partial charge in [-0.25, -0.2) is 0 Å². The normalized spacial score (nSPS) is 14.5. The van der Waals surface area contributed by atoms with E-state index < -0.39 is 5.41 Å². The molecule has 23 heavy (non-hydrogen) atoms. The molecule has 0 spiro atoms. The van der Waals surface area contributed by atoms with Gasteiger partial charge in [-0.3, -0.25) is 9.59 Å². The van der Waals surface area contributed by atoms with E-state index in [-0.39, 0.29) is 11.8 Å². The molecule has 0 heterocycles. The molecule has 2 amide bonds. The first-order valence-corrected chi connectivity index (χ1v) is 7.46. The zero-order valence-electron chi connectivity index (χ0n) is 13.5. The average Bonchev–Trinajstić information content (AvgIpc) is 3.39. The minimum Gasteiger partial charge on any atom is -0.493 e. The third-order valence-corrected chi connectivity index (χ3v) is 3.93. The zero-order chi connectivity index (χ0) is 16.9. The molecule has 1 aliphatic carbocycles. The van der Waals surface area contributed by atoms with Crippen molar-refractivity contribution in [1.29, 1.82) is 0 Å². The van der Waals surface area contributed by atoms with Crippen LogP contribution in [0.25, 0.3) is 0 Å². The smallest absolute Gasteiger partial charge is 0.235 e. The fraction of sp³-hybridized carbons (Fsp3) is 0.412. The van der Waals surface area contributed by atoms with Crippen LogP contribution in [0.5, 0.6) is 11.5 Å². The summed E-state index contributed by atoms with van der Waals surface area (Å²) in [5.74, 6) is 0.755. The lowest BCUT2D eigenvalue weighted by Crippen LogP contribution is -2.42. The van der Waals surface area contributed by atoms with Crippen LogP contribution in [0, 0.1) is 5.41 Å². The van der Waals surface area contributed by atoms with Crippen molar-refractivity contribution < 1.29 is 19.1 Å². The SMILES string of the molecule is C=CCNC(=O)C1(C(=O)NCc2ccc(OC)c(OC)c2)CC1. The van der Waals surface area contributed by atoms with Gasteiger partial charge < -0.3 is 20.1 Å². The molecule has 2 rings (SSSR count). The molecule has 1 aromatic rings. The number of hydrogen-bond donors (Lipinski definition) is 2. The zero-order valence-corrected chi connectivity index (χ0v) is 13.5. The Labute approximate surface area is 135 Å².